The van der Waals surface area contributed by atoms with Crippen LogP contribution in [0.2, 0.25) is 0 Å². The summed E-state index contributed by atoms with van der Waals surface area (Å²) in [7, 11) is 0. The lowest BCUT2D eigenvalue weighted by Gasteiger charge is -2.19. The average molecular weight is 220 g/mol. The van der Waals surface area contributed by atoms with Crippen LogP contribution < -0.4 is 4.90 Å². The number of aromatic nitrogens is 1. The molecule has 16 heavy (non-hydrogen) atoms. The smallest absolute Gasteiger partial charge is 0.128 e. The predicted octanol–water partition coefficient (Wildman–Crippen LogP) is 2.06. The van der Waals surface area contributed by atoms with Crippen molar-refractivity contribution in [1.82, 2.24) is 4.98 Å². The van der Waals surface area contributed by atoms with Crippen LogP contribution in [0.15, 0.2) is 18.2 Å². The first-order valence-electron chi connectivity index (χ1n) is 6.02. The second-order valence-corrected chi connectivity index (χ2v) is 4.88. The van der Waals surface area contributed by atoms with Gasteiger partial charge in [0.05, 0.1) is 12.3 Å². The number of aliphatic hydroxyl groups is 1. The van der Waals surface area contributed by atoms with Gasteiger partial charge in [-0.25, -0.2) is 4.98 Å². The molecule has 1 fully saturated rings. The summed E-state index contributed by atoms with van der Waals surface area (Å²) in [5.74, 6) is 2.53. The largest absolute Gasteiger partial charge is 0.390 e. The normalized spacial score (nSPS) is 20.8. The van der Waals surface area contributed by atoms with Crippen LogP contribution in [-0.4, -0.2) is 23.2 Å². The molecule has 1 unspecified atom stereocenters. The molecule has 0 amide bonds. The summed E-state index contributed by atoms with van der Waals surface area (Å²) >= 11 is 0. The van der Waals surface area contributed by atoms with Gasteiger partial charge in [0.15, 0.2) is 0 Å². The summed E-state index contributed by atoms with van der Waals surface area (Å²) in [6, 6.07) is 5.86. The van der Waals surface area contributed by atoms with Crippen molar-refractivity contribution in [2.24, 2.45) is 11.8 Å². The van der Waals surface area contributed by atoms with Crippen LogP contribution in [0.1, 0.15) is 26.0 Å². The molecule has 1 N–H and O–H groups in total. The highest BCUT2D eigenvalue weighted by molar-refractivity contribution is 5.40. The minimum atomic E-state index is 0.0231. The molecule has 0 spiro atoms. The zero-order valence-electron chi connectivity index (χ0n) is 10.1. The molecule has 2 rings (SSSR count). The summed E-state index contributed by atoms with van der Waals surface area (Å²) in [6.45, 7) is 6.77. The molecule has 0 saturated carbocycles. The zero-order chi connectivity index (χ0) is 11.5. The van der Waals surface area contributed by atoms with E-state index in [1.165, 1.54) is 6.42 Å². The Kier molecular flexibility index (Phi) is 3.44. The lowest BCUT2D eigenvalue weighted by Crippen LogP contribution is -2.22. The molecule has 2 heterocycles. The summed E-state index contributed by atoms with van der Waals surface area (Å²) in [6.07, 6.45) is 1.25. The second kappa shape index (κ2) is 4.83. The Morgan fingerprint density at radius 2 is 2.31 bits per heavy atom. The predicted molar refractivity (Wildman–Crippen MR) is 65.3 cm³/mol. The van der Waals surface area contributed by atoms with Crippen molar-refractivity contribution >= 4 is 5.82 Å². The van der Waals surface area contributed by atoms with E-state index in [1.54, 1.807) is 0 Å². The van der Waals surface area contributed by atoms with Gasteiger partial charge in [0.2, 0.25) is 0 Å². The van der Waals surface area contributed by atoms with Crippen LogP contribution in [0.5, 0.6) is 0 Å². The second-order valence-electron chi connectivity index (χ2n) is 4.88. The first kappa shape index (κ1) is 11.4. The fourth-order valence-electron chi connectivity index (χ4n) is 2.27. The zero-order valence-corrected chi connectivity index (χ0v) is 10.1. The highest BCUT2D eigenvalue weighted by Crippen LogP contribution is 2.27. The van der Waals surface area contributed by atoms with Crippen LogP contribution >= 0.6 is 0 Å². The molecular weight excluding hydrogens is 200 g/mol. The molecule has 1 atom stereocenters. The van der Waals surface area contributed by atoms with Crippen molar-refractivity contribution in [3.8, 4) is 0 Å². The maximum absolute atomic E-state index is 9.06. The fourth-order valence-corrected chi connectivity index (χ4v) is 2.27. The molecule has 0 aliphatic carbocycles. The molecule has 3 nitrogen and oxygen atoms in total. The third kappa shape index (κ3) is 2.35. The SMILES string of the molecule is CC(C)C1CCN(c2cccc(CO)n2)C1. The number of anilines is 1. The monoisotopic (exact) mass is 220 g/mol. The Balaban J connectivity index is 2.08. The third-order valence-corrected chi connectivity index (χ3v) is 3.45. The van der Waals surface area contributed by atoms with Crippen molar-refractivity contribution < 1.29 is 5.11 Å². The molecule has 0 aromatic carbocycles. The quantitative estimate of drug-likeness (QED) is 0.847. The lowest BCUT2D eigenvalue weighted by molar-refractivity contribution is 0.277. The number of rotatable bonds is 3. The van der Waals surface area contributed by atoms with E-state index in [0.29, 0.717) is 0 Å². The minimum absolute atomic E-state index is 0.0231. The lowest BCUT2D eigenvalue weighted by atomic mass is 9.95. The van der Waals surface area contributed by atoms with Crippen molar-refractivity contribution in [2.75, 3.05) is 18.0 Å². The Morgan fingerprint density at radius 1 is 1.50 bits per heavy atom. The molecule has 0 radical (unpaired) electrons. The third-order valence-electron chi connectivity index (χ3n) is 3.45. The van der Waals surface area contributed by atoms with E-state index in [9.17, 15) is 0 Å². The van der Waals surface area contributed by atoms with E-state index >= 15 is 0 Å². The van der Waals surface area contributed by atoms with E-state index in [-0.39, 0.29) is 6.61 Å². The summed E-state index contributed by atoms with van der Waals surface area (Å²) < 4.78 is 0. The molecule has 1 saturated heterocycles. The van der Waals surface area contributed by atoms with Crippen molar-refractivity contribution in [2.45, 2.75) is 26.9 Å². The first-order valence-corrected chi connectivity index (χ1v) is 6.02. The van der Waals surface area contributed by atoms with Gasteiger partial charge in [0.1, 0.15) is 5.82 Å². The van der Waals surface area contributed by atoms with Crippen LogP contribution in [-0.2, 0) is 6.61 Å². The number of aliphatic hydroxyl groups excluding tert-OH is 1. The maximum Gasteiger partial charge on any atom is 0.128 e. The van der Waals surface area contributed by atoms with Crippen LogP contribution in [0, 0.1) is 11.8 Å². The molecular formula is C13H20N2O. The molecule has 1 aliphatic rings. The number of nitrogens with zero attached hydrogens (tertiary/aromatic N) is 2. The molecule has 1 aromatic rings. The first-order chi connectivity index (χ1) is 7.70. The van der Waals surface area contributed by atoms with Crippen LogP contribution in [0.4, 0.5) is 5.82 Å². The maximum atomic E-state index is 9.06. The van der Waals surface area contributed by atoms with E-state index in [4.69, 9.17) is 5.11 Å². The van der Waals surface area contributed by atoms with E-state index in [0.717, 1.165) is 36.4 Å². The topological polar surface area (TPSA) is 36.4 Å². The molecule has 88 valence electrons. The Hall–Kier alpha value is -1.09. The van der Waals surface area contributed by atoms with E-state index < -0.39 is 0 Å². The van der Waals surface area contributed by atoms with Gasteiger partial charge in [-0.3, -0.25) is 0 Å². The van der Waals surface area contributed by atoms with Crippen molar-refractivity contribution in [1.29, 1.82) is 0 Å². The molecule has 3 heteroatoms. The highest BCUT2D eigenvalue weighted by Gasteiger charge is 2.25. The number of hydrogen-bond donors (Lipinski definition) is 1. The average Bonchev–Trinajstić information content (AvgIpc) is 2.78. The number of pyridine rings is 1. The standard InChI is InChI=1S/C13H20N2O/c1-10(2)11-6-7-15(8-11)13-5-3-4-12(9-16)14-13/h3-5,10-11,16H,6-9H2,1-2H3. The van der Waals surface area contributed by atoms with Gasteiger partial charge in [-0.1, -0.05) is 19.9 Å². The van der Waals surface area contributed by atoms with E-state index in [2.05, 4.69) is 23.7 Å². The van der Waals surface area contributed by atoms with Gasteiger partial charge in [-0.15, -0.1) is 0 Å². The number of hydrogen-bond acceptors (Lipinski definition) is 3. The van der Waals surface area contributed by atoms with Gasteiger partial charge >= 0.3 is 0 Å². The van der Waals surface area contributed by atoms with Crippen LogP contribution in [0.3, 0.4) is 0 Å². The van der Waals surface area contributed by atoms with Gasteiger partial charge < -0.3 is 10.0 Å². The Bertz CT molecular complexity index is 352. The van der Waals surface area contributed by atoms with Crippen molar-refractivity contribution in [3.05, 3.63) is 23.9 Å². The Labute approximate surface area is 97.1 Å². The van der Waals surface area contributed by atoms with Gasteiger partial charge in [0.25, 0.3) is 0 Å². The summed E-state index contributed by atoms with van der Waals surface area (Å²) in [5.41, 5.74) is 0.755. The van der Waals surface area contributed by atoms with Gasteiger partial charge in [-0.05, 0) is 30.4 Å². The highest BCUT2D eigenvalue weighted by atomic mass is 16.3. The molecule has 0 bridgehead atoms. The van der Waals surface area contributed by atoms with E-state index in [1.807, 2.05) is 18.2 Å². The van der Waals surface area contributed by atoms with Crippen LogP contribution in [0.25, 0.3) is 0 Å². The Morgan fingerprint density at radius 3 is 2.94 bits per heavy atom. The molecule has 1 aromatic heterocycles. The van der Waals surface area contributed by atoms with Crippen molar-refractivity contribution in [3.63, 3.8) is 0 Å². The fraction of sp³-hybridized carbons (Fsp3) is 0.615. The summed E-state index contributed by atoms with van der Waals surface area (Å²) in [5, 5.41) is 9.06. The van der Waals surface area contributed by atoms with Gasteiger partial charge in [0, 0.05) is 13.1 Å². The summed E-state index contributed by atoms with van der Waals surface area (Å²) in [4.78, 5) is 6.77. The minimum Gasteiger partial charge on any atom is -0.390 e. The van der Waals surface area contributed by atoms with Gasteiger partial charge in [-0.2, -0.15) is 0 Å². The molecule has 1 aliphatic heterocycles.